The van der Waals surface area contributed by atoms with Crippen LogP contribution in [0.25, 0.3) is 0 Å². The van der Waals surface area contributed by atoms with Gasteiger partial charge in [0.15, 0.2) is 0 Å². The number of methoxy groups -OCH3 is 1. The van der Waals surface area contributed by atoms with Crippen LogP contribution >= 0.6 is 11.6 Å². The highest BCUT2D eigenvalue weighted by atomic mass is 35.5. The number of benzene rings is 1. The van der Waals surface area contributed by atoms with E-state index < -0.39 is 6.10 Å². The lowest BCUT2D eigenvalue weighted by Gasteiger charge is -2.20. The second-order valence-electron chi connectivity index (χ2n) is 4.04. The first-order valence-corrected chi connectivity index (χ1v) is 5.70. The van der Waals surface area contributed by atoms with E-state index in [9.17, 15) is 9.50 Å². The lowest BCUT2D eigenvalue weighted by Crippen LogP contribution is -2.31. The fourth-order valence-electron chi connectivity index (χ4n) is 1.62. The maximum absolute atomic E-state index is 13.4. The molecule has 96 valence electrons. The van der Waals surface area contributed by atoms with Crippen molar-refractivity contribution < 1.29 is 14.2 Å². The van der Waals surface area contributed by atoms with Crippen LogP contribution in [0.1, 0.15) is 5.56 Å². The van der Waals surface area contributed by atoms with E-state index in [-0.39, 0.29) is 12.4 Å². The van der Waals surface area contributed by atoms with Gasteiger partial charge >= 0.3 is 0 Å². The summed E-state index contributed by atoms with van der Waals surface area (Å²) in [7, 11) is 3.33. The zero-order valence-corrected chi connectivity index (χ0v) is 10.7. The zero-order chi connectivity index (χ0) is 12.8. The molecular weight excluding hydrogens is 245 g/mol. The van der Waals surface area contributed by atoms with Crippen LogP contribution < -0.4 is 0 Å². The average molecular weight is 262 g/mol. The van der Waals surface area contributed by atoms with E-state index in [1.807, 2.05) is 4.90 Å². The second kappa shape index (κ2) is 6.91. The zero-order valence-electron chi connectivity index (χ0n) is 9.99. The Kier molecular flexibility index (Phi) is 5.85. The van der Waals surface area contributed by atoms with Crippen molar-refractivity contribution in [3.63, 3.8) is 0 Å². The predicted molar refractivity (Wildman–Crippen MR) is 65.6 cm³/mol. The highest BCUT2D eigenvalue weighted by molar-refractivity contribution is 6.30. The Balaban J connectivity index is 2.55. The summed E-state index contributed by atoms with van der Waals surface area (Å²) in [6.07, 6.45) is -0.577. The third kappa shape index (κ3) is 5.00. The van der Waals surface area contributed by atoms with Gasteiger partial charge in [0.1, 0.15) is 5.82 Å². The van der Waals surface area contributed by atoms with Crippen molar-refractivity contribution in [1.29, 1.82) is 0 Å². The van der Waals surface area contributed by atoms with Crippen molar-refractivity contribution in [2.45, 2.75) is 12.6 Å². The Bertz CT molecular complexity index is 362. The lowest BCUT2D eigenvalue weighted by atomic mass is 10.2. The molecule has 1 unspecified atom stereocenters. The molecule has 1 aromatic rings. The monoisotopic (exact) mass is 261 g/mol. The lowest BCUT2D eigenvalue weighted by molar-refractivity contribution is 0.0417. The molecule has 0 fully saturated rings. The molecule has 0 saturated heterocycles. The van der Waals surface area contributed by atoms with Crippen molar-refractivity contribution >= 4 is 11.6 Å². The molecular formula is C12H17ClFNO2. The van der Waals surface area contributed by atoms with Crippen molar-refractivity contribution in [1.82, 2.24) is 4.90 Å². The molecule has 0 saturated carbocycles. The SMILES string of the molecule is COCC(O)CN(C)Cc1cc(Cl)ccc1F. The normalized spacial score (nSPS) is 13.1. The molecule has 0 heterocycles. The largest absolute Gasteiger partial charge is 0.389 e. The number of nitrogens with zero attached hydrogens (tertiary/aromatic N) is 1. The number of likely N-dealkylation sites (N-methyl/N-ethyl adjacent to an activating group) is 1. The van der Waals surface area contributed by atoms with Crippen molar-refractivity contribution in [3.8, 4) is 0 Å². The molecule has 0 bridgehead atoms. The molecule has 0 aliphatic carbocycles. The first-order chi connectivity index (χ1) is 8.02. The van der Waals surface area contributed by atoms with Gasteiger partial charge < -0.3 is 9.84 Å². The van der Waals surface area contributed by atoms with E-state index in [0.29, 0.717) is 23.7 Å². The summed E-state index contributed by atoms with van der Waals surface area (Å²) >= 11 is 5.80. The van der Waals surface area contributed by atoms with Crippen LogP contribution in [0, 0.1) is 5.82 Å². The molecule has 1 atom stereocenters. The van der Waals surface area contributed by atoms with Crippen LogP contribution in [0.5, 0.6) is 0 Å². The van der Waals surface area contributed by atoms with Gasteiger partial charge in [0.2, 0.25) is 0 Å². The van der Waals surface area contributed by atoms with Crippen LogP contribution in [-0.4, -0.2) is 43.4 Å². The molecule has 0 aromatic heterocycles. The van der Waals surface area contributed by atoms with E-state index in [1.165, 1.54) is 19.2 Å². The molecule has 0 spiro atoms. The fourth-order valence-corrected chi connectivity index (χ4v) is 1.82. The third-order valence-electron chi connectivity index (χ3n) is 2.33. The summed E-state index contributed by atoms with van der Waals surface area (Å²) in [6, 6.07) is 4.45. The number of aliphatic hydroxyl groups excluding tert-OH is 1. The van der Waals surface area contributed by atoms with Gasteiger partial charge in [-0.3, -0.25) is 4.90 Å². The number of ether oxygens (including phenoxy) is 1. The number of aliphatic hydroxyl groups is 1. The molecule has 0 aliphatic rings. The number of halogens is 2. The minimum atomic E-state index is -0.577. The van der Waals surface area contributed by atoms with Gasteiger partial charge in [0.25, 0.3) is 0 Å². The van der Waals surface area contributed by atoms with Crippen LogP contribution in [0.15, 0.2) is 18.2 Å². The summed E-state index contributed by atoms with van der Waals surface area (Å²) in [4.78, 5) is 1.82. The van der Waals surface area contributed by atoms with Crippen molar-refractivity contribution in [2.75, 3.05) is 27.3 Å². The van der Waals surface area contributed by atoms with Gasteiger partial charge in [-0.05, 0) is 25.2 Å². The van der Waals surface area contributed by atoms with E-state index in [1.54, 1.807) is 13.1 Å². The molecule has 1 N–H and O–H groups in total. The first kappa shape index (κ1) is 14.4. The van der Waals surface area contributed by atoms with E-state index in [4.69, 9.17) is 16.3 Å². The van der Waals surface area contributed by atoms with Crippen LogP contribution in [0.4, 0.5) is 4.39 Å². The highest BCUT2D eigenvalue weighted by Gasteiger charge is 2.10. The molecule has 1 rings (SSSR count). The van der Waals surface area contributed by atoms with E-state index >= 15 is 0 Å². The molecule has 1 aromatic carbocycles. The summed E-state index contributed by atoms with van der Waals surface area (Å²) in [5.41, 5.74) is 0.518. The van der Waals surface area contributed by atoms with Crippen molar-refractivity contribution in [3.05, 3.63) is 34.6 Å². The quantitative estimate of drug-likeness (QED) is 0.849. The maximum Gasteiger partial charge on any atom is 0.127 e. The second-order valence-corrected chi connectivity index (χ2v) is 4.48. The van der Waals surface area contributed by atoms with Crippen LogP contribution in [0.2, 0.25) is 5.02 Å². The van der Waals surface area contributed by atoms with Gasteiger partial charge in [-0.2, -0.15) is 0 Å². The molecule has 0 radical (unpaired) electrons. The van der Waals surface area contributed by atoms with Gasteiger partial charge in [-0.15, -0.1) is 0 Å². The Morgan fingerprint density at radius 3 is 2.88 bits per heavy atom. The fraction of sp³-hybridized carbons (Fsp3) is 0.500. The number of rotatable bonds is 6. The van der Waals surface area contributed by atoms with Crippen molar-refractivity contribution in [2.24, 2.45) is 0 Å². The Morgan fingerprint density at radius 2 is 2.24 bits per heavy atom. The molecule has 3 nitrogen and oxygen atoms in total. The minimum Gasteiger partial charge on any atom is -0.389 e. The predicted octanol–water partition coefficient (Wildman–Crippen LogP) is 1.92. The van der Waals surface area contributed by atoms with Gasteiger partial charge in [0, 0.05) is 30.8 Å². The van der Waals surface area contributed by atoms with Gasteiger partial charge in [-0.1, -0.05) is 11.6 Å². The van der Waals surface area contributed by atoms with Crippen LogP contribution in [0.3, 0.4) is 0 Å². The van der Waals surface area contributed by atoms with E-state index in [0.717, 1.165) is 0 Å². The molecule has 17 heavy (non-hydrogen) atoms. The summed E-state index contributed by atoms with van der Waals surface area (Å²) in [5, 5.41) is 10.0. The number of hydrogen-bond donors (Lipinski definition) is 1. The Hall–Kier alpha value is -0.680. The summed E-state index contributed by atoms with van der Waals surface area (Å²) < 4.78 is 18.3. The van der Waals surface area contributed by atoms with Gasteiger partial charge in [-0.25, -0.2) is 4.39 Å². The number of hydrogen-bond acceptors (Lipinski definition) is 3. The Morgan fingerprint density at radius 1 is 1.53 bits per heavy atom. The summed E-state index contributed by atoms with van der Waals surface area (Å²) in [6.45, 7) is 1.08. The molecule has 5 heteroatoms. The van der Waals surface area contributed by atoms with Crippen LogP contribution in [-0.2, 0) is 11.3 Å². The first-order valence-electron chi connectivity index (χ1n) is 5.32. The van der Waals surface area contributed by atoms with E-state index in [2.05, 4.69) is 0 Å². The topological polar surface area (TPSA) is 32.7 Å². The average Bonchev–Trinajstić information content (AvgIpc) is 2.23. The summed E-state index contributed by atoms with van der Waals surface area (Å²) in [5.74, 6) is -0.289. The third-order valence-corrected chi connectivity index (χ3v) is 2.56. The smallest absolute Gasteiger partial charge is 0.127 e. The standard InChI is InChI=1S/C12H17ClFNO2/c1-15(7-11(16)8-17-2)6-9-5-10(13)3-4-12(9)14/h3-5,11,16H,6-8H2,1-2H3. The minimum absolute atomic E-state index is 0.266. The molecule has 0 aliphatic heterocycles. The Labute approximate surface area is 106 Å². The highest BCUT2D eigenvalue weighted by Crippen LogP contribution is 2.16. The maximum atomic E-state index is 13.4. The van der Waals surface area contributed by atoms with Gasteiger partial charge in [0.05, 0.1) is 12.7 Å². The molecule has 0 amide bonds.